The molecule has 21 heavy (non-hydrogen) atoms. The summed E-state index contributed by atoms with van der Waals surface area (Å²) >= 11 is 0. The lowest BCUT2D eigenvalue weighted by Gasteiger charge is -2.07. The largest absolute Gasteiger partial charge is 0.459 e. The van der Waals surface area contributed by atoms with Crippen molar-refractivity contribution in [3.63, 3.8) is 0 Å². The second kappa shape index (κ2) is 5.73. The molecule has 0 fully saturated rings. The molecule has 0 atom stereocenters. The maximum Gasteiger partial charge on any atom is 0.301 e. The van der Waals surface area contributed by atoms with E-state index in [0.717, 1.165) is 12.1 Å². The Morgan fingerprint density at radius 2 is 1.90 bits per heavy atom. The average molecular weight is 311 g/mol. The number of sulfonamides is 1. The van der Waals surface area contributed by atoms with Crippen LogP contribution in [-0.4, -0.2) is 19.2 Å². The second-order valence-corrected chi connectivity index (χ2v) is 5.41. The van der Waals surface area contributed by atoms with Crippen LogP contribution in [0.2, 0.25) is 0 Å². The molecule has 0 aliphatic rings. The molecule has 110 valence electrons. The lowest BCUT2D eigenvalue weighted by atomic mass is 10.3. The number of benzene rings is 1. The first kappa shape index (κ1) is 14.7. The summed E-state index contributed by atoms with van der Waals surface area (Å²) in [6.07, 6.45) is 1.24. The molecule has 1 aromatic heterocycles. The van der Waals surface area contributed by atoms with Gasteiger partial charge < -0.3 is 4.42 Å². The average Bonchev–Trinajstić information content (AvgIpc) is 2.99. The molecule has 0 unspecified atom stereocenters. The molecule has 0 radical (unpaired) electrons. The van der Waals surface area contributed by atoms with E-state index in [1.54, 1.807) is 4.83 Å². The van der Waals surface area contributed by atoms with Crippen LogP contribution < -0.4 is 10.3 Å². The summed E-state index contributed by atoms with van der Waals surface area (Å²) in [6.45, 7) is 0. The van der Waals surface area contributed by atoms with Crippen LogP contribution in [0.15, 0.2) is 52.0 Å². The SMILES string of the molecule is O=C(NNS(=O)(=O)c1ccccc1[N+](=O)[O-])c1ccco1. The van der Waals surface area contributed by atoms with E-state index in [-0.39, 0.29) is 5.76 Å². The third kappa shape index (κ3) is 3.24. The maximum atomic E-state index is 12.0. The molecule has 9 nitrogen and oxygen atoms in total. The Labute approximate surface area is 118 Å². The van der Waals surface area contributed by atoms with Crippen molar-refractivity contribution in [1.29, 1.82) is 0 Å². The number of hydrogen-bond acceptors (Lipinski definition) is 6. The fourth-order valence-corrected chi connectivity index (χ4v) is 2.49. The molecule has 0 saturated heterocycles. The van der Waals surface area contributed by atoms with Gasteiger partial charge in [0.25, 0.3) is 15.7 Å². The molecule has 0 aliphatic heterocycles. The van der Waals surface area contributed by atoms with Crippen LogP contribution in [0.3, 0.4) is 0 Å². The van der Waals surface area contributed by atoms with Crippen LogP contribution in [0.4, 0.5) is 5.69 Å². The van der Waals surface area contributed by atoms with Gasteiger partial charge in [0.05, 0.1) is 11.2 Å². The third-order valence-corrected chi connectivity index (χ3v) is 3.69. The molecule has 1 heterocycles. The Balaban J connectivity index is 2.20. The van der Waals surface area contributed by atoms with E-state index in [2.05, 4.69) is 0 Å². The quantitative estimate of drug-likeness (QED) is 0.620. The summed E-state index contributed by atoms with van der Waals surface area (Å²) in [5.74, 6) is -0.942. The van der Waals surface area contributed by atoms with Gasteiger partial charge in [-0.15, -0.1) is 4.83 Å². The highest BCUT2D eigenvalue weighted by atomic mass is 32.2. The Morgan fingerprint density at radius 3 is 2.52 bits per heavy atom. The zero-order valence-corrected chi connectivity index (χ0v) is 11.2. The van der Waals surface area contributed by atoms with Crippen LogP contribution in [0, 0.1) is 10.1 Å². The fraction of sp³-hybridized carbons (Fsp3) is 0. The Bertz CT molecular complexity index is 769. The Kier molecular flexibility index (Phi) is 4.00. The molecule has 0 aliphatic carbocycles. The van der Waals surface area contributed by atoms with Crippen LogP contribution in [0.25, 0.3) is 0 Å². The number of carbonyl (C=O) groups excluding carboxylic acids is 1. The fourth-order valence-electron chi connectivity index (χ4n) is 1.47. The number of nitrogens with one attached hydrogen (secondary N) is 2. The van der Waals surface area contributed by atoms with Gasteiger partial charge in [-0.25, -0.2) is 8.42 Å². The molecule has 10 heteroatoms. The first-order chi connectivity index (χ1) is 9.92. The molecule has 1 amide bonds. The predicted molar refractivity (Wildman–Crippen MR) is 69.6 cm³/mol. The van der Waals surface area contributed by atoms with Gasteiger partial charge in [0.1, 0.15) is 0 Å². The minimum Gasteiger partial charge on any atom is -0.459 e. The van der Waals surface area contributed by atoms with Crippen molar-refractivity contribution in [1.82, 2.24) is 10.3 Å². The number of para-hydroxylation sites is 1. The van der Waals surface area contributed by atoms with E-state index in [1.165, 1.54) is 30.5 Å². The number of carbonyl (C=O) groups is 1. The Morgan fingerprint density at radius 1 is 1.19 bits per heavy atom. The highest BCUT2D eigenvalue weighted by molar-refractivity contribution is 7.89. The van der Waals surface area contributed by atoms with Crippen molar-refractivity contribution >= 4 is 21.6 Å². The van der Waals surface area contributed by atoms with Crippen molar-refractivity contribution in [2.45, 2.75) is 4.90 Å². The Hall–Kier alpha value is -2.72. The van der Waals surface area contributed by atoms with Gasteiger partial charge in [-0.05, 0) is 18.2 Å². The number of hydrazine groups is 1. The summed E-state index contributed by atoms with van der Waals surface area (Å²) in [7, 11) is -4.29. The van der Waals surface area contributed by atoms with Gasteiger partial charge in [-0.3, -0.25) is 20.3 Å². The molecular formula is C11H9N3O6S. The predicted octanol–water partition coefficient (Wildman–Crippen LogP) is 0.811. The topological polar surface area (TPSA) is 132 Å². The van der Waals surface area contributed by atoms with Gasteiger partial charge in [0.15, 0.2) is 10.7 Å². The van der Waals surface area contributed by atoms with Crippen molar-refractivity contribution in [2.24, 2.45) is 0 Å². The van der Waals surface area contributed by atoms with E-state index in [9.17, 15) is 23.3 Å². The van der Waals surface area contributed by atoms with Crippen LogP contribution in [0.1, 0.15) is 10.6 Å². The number of nitro groups is 1. The zero-order valence-electron chi connectivity index (χ0n) is 10.3. The lowest BCUT2D eigenvalue weighted by Crippen LogP contribution is -2.41. The smallest absolute Gasteiger partial charge is 0.301 e. The summed E-state index contributed by atoms with van der Waals surface area (Å²) in [4.78, 5) is 22.7. The van der Waals surface area contributed by atoms with Crippen molar-refractivity contribution in [3.05, 3.63) is 58.5 Å². The van der Waals surface area contributed by atoms with Gasteiger partial charge in [-0.1, -0.05) is 12.1 Å². The number of nitro benzene ring substituents is 1. The zero-order chi connectivity index (χ0) is 15.5. The van der Waals surface area contributed by atoms with E-state index in [4.69, 9.17) is 4.42 Å². The minimum atomic E-state index is -4.29. The second-order valence-electron chi connectivity index (χ2n) is 3.76. The number of rotatable bonds is 5. The first-order valence-electron chi connectivity index (χ1n) is 5.51. The number of amides is 1. The highest BCUT2D eigenvalue weighted by Crippen LogP contribution is 2.22. The molecular weight excluding hydrogens is 302 g/mol. The number of hydrogen-bond donors (Lipinski definition) is 2. The third-order valence-electron chi connectivity index (χ3n) is 2.40. The monoisotopic (exact) mass is 311 g/mol. The molecule has 2 N–H and O–H groups in total. The van der Waals surface area contributed by atoms with E-state index < -0.39 is 31.4 Å². The summed E-state index contributed by atoms with van der Waals surface area (Å²) in [5.41, 5.74) is 1.30. The summed E-state index contributed by atoms with van der Waals surface area (Å²) in [6, 6.07) is 7.54. The normalized spacial score (nSPS) is 11.0. The minimum absolute atomic E-state index is 0.111. The van der Waals surface area contributed by atoms with Crippen LogP contribution in [-0.2, 0) is 10.0 Å². The lowest BCUT2D eigenvalue weighted by molar-refractivity contribution is -0.387. The number of nitrogens with zero attached hydrogens (tertiary/aromatic N) is 1. The molecule has 0 spiro atoms. The van der Waals surface area contributed by atoms with E-state index >= 15 is 0 Å². The van der Waals surface area contributed by atoms with Gasteiger partial charge in [0, 0.05) is 6.07 Å². The molecule has 0 bridgehead atoms. The standard InChI is InChI=1S/C11H9N3O6S/c15-11(9-5-3-7-20-9)12-13-21(18,19)10-6-2-1-4-8(10)14(16)17/h1-7,13H,(H,12,15). The summed E-state index contributed by atoms with van der Waals surface area (Å²) < 4.78 is 28.7. The van der Waals surface area contributed by atoms with Gasteiger partial charge in [-0.2, -0.15) is 0 Å². The van der Waals surface area contributed by atoms with Gasteiger partial charge in [0.2, 0.25) is 0 Å². The van der Waals surface area contributed by atoms with E-state index in [0.29, 0.717) is 0 Å². The first-order valence-corrected chi connectivity index (χ1v) is 6.99. The van der Waals surface area contributed by atoms with Crippen molar-refractivity contribution in [2.75, 3.05) is 0 Å². The molecule has 1 aromatic carbocycles. The molecule has 2 rings (SSSR count). The number of furan rings is 1. The van der Waals surface area contributed by atoms with Crippen molar-refractivity contribution in [3.8, 4) is 0 Å². The van der Waals surface area contributed by atoms with Gasteiger partial charge >= 0.3 is 5.91 Å². The summed E-state index contributed by atoms with van der Waals surface area (Å²) in [5, 5.41) is 10.8. The maximum absolute atomic E-state index is 12.0. The molecule has 2 aromatic rings. The molecule has 0 saturated carbocycles. The van der Waals surface area contributed by atoms with Crippen molar-refractivity contribution < 1.29 is 22.6 Å². The van der Waals surface area contributed by atoms with Crippen LogP contribution in [0.5, 0.6) is 0 Å². The van der Waals surface area contributed by atoms with E-state index in [1.807, 2.05) is 5.43 Å². The van der Waals surface area contributed by atoms with Crippen LogP contribution >= 0.6 is 0 Å². The highest BCUT2D eigenvalue weighted by Gasteiger charge is 2.25.